The van der Waals surface area contributed by atoms with Gasteiger partial charge in [-0.25, -0.2) is 0 Å². The minimum atomic E-state index is -1.04. The summed E-state index contributed by atoms with van der Waals surface area (Å²) in [6.45, 7) is 3.81. The first-order valence-electron chi connectivity index (χ1n) is 5.23. The first kappa shape index (κ1) is 12.7. The Labute approximate surface area is 95.0 Å². The maximum atomic E-state index is 11.4. The summed E-state index contributed by atoms with van der Waals surface area (Å²) in [5.41, 5.74) is 7.18. The molecule has 0 amide bonds. The zero-order valence-corrected chi connectivity index (χ0v) is 9.51. The van der Waals surface area contributed by atoms with Gasteiger partial charge in [0.2, 0.25) is 0 Å². The maximum Gasteiger partial charge on any atom is 0.325 e. The van der Waals surface area contributed by atoms with E-state index in [0.717, 1.165) is 5.56 Å². The van der Waals surface area contributed by atoms with Gasteiger partial charge in [-0.15, -0.1) is 0 Å². The van der Waals surface area contributed by atoms with Crippen LogP contribution in [0.3, 0.4) is 0 Å². The van der Waals surface area contributed by atoms with Gasteiger partial charge in [0.25, 0.3) is 0 Å². The van der Waals surface area contributed by atoms with E-state index in [1.54, 1.807) is 19.1 Å². The van der Waals surface area contributed by atoms with Crippen LogP contribution in [0.2, 0.25) is 0 Å². The molecule has 0 bridgehead atoms. The first-order valence-corrected chi connectivity index (χ1v) is 5.23. The highest BCUT2D eigenvalue weighted by Gasteiger charge is 2.26. The second kappa shape index (κ2) is 5.63. The van der Waals surface area contributed by atoms with E-state index < -0.39 is 18.1 Å². The predicted octanol–water partition coefficient (Wildman–Crippen LogP) is 0.919. The molecular weight excluding hydrogens is 206 g/mol. The molecule has 0 radical (unpaired) electrons. The summed E-state index contributed by atoms with van der Waals surface area (Å²) >= 11 is 0. The van der Waals surface area contributed by atoms with Crippen molar-refractivity contribution >= 4 is 5.97 Å². The lowest BCUT2D eigenvalue weighted by atomic mass is 9.98. The molecule has 16 heavy (non-hydrogen) atoms. The van der Waals surface area contributed by atoms with E-state index in [-0.39, 0.29) is 6.61 Å². The number of ether oxygens (including phenoxy) is 1. The topological polar surface area (TPSA) is 72.5 Å². The van der Waals surface area contributed by atoms with Crippen molar-refractivity contribution in [1.82, 2.24) is 0 Å². The average Bonchev–Trinajstić information content (AvgIpc) is 2.28. The van der Waals surface area contributed by atoms with Gasteiger partial charge in [-0.2, -0.15) is 0 Å². The monoisotopic (exact) mass is 223 g/mol. The van der Waals surface area contributed by atoms with Crippen LogP contribution >= 0.6 is 0 Å². The molecular formula is C12H17NO3. The number of aliphatic hydroxyl groups excluding tert-OH is 1. The smallest absolute Gasteiger partial charge is 0.325 e. The number of nitrogens with two attached hydrogens (primary N) is 1. The summed E-state index contributed by atoms with van der Waals surface area (Å²) in [5, 5.41) is 9.94. The first-order chi connectivity index (χ1) is 7.57. The van der Waals surface area contributed by atoms with Gasteiger partial charge in [0.15, 0.2) is 0 Å². The normalized spacial score (nSPS) is 14.2. The van der Waals surface area contributed by atoms with Gasteiger partial charge in [-0.3, -0.25) is 4.79 Å². The Balaban J connectivity index is 2.82. The highest BCUT2D eigenvalue weighted by molar-refractivity contribution is 5.76. The lowest BCUT2D eigenvalue weighted by Crippen LogP contribution is -2.38. The fourth-order valence-corrected chi connectivity index (χ4v) is 1.48. The van der Waals surface area contributed by atoms with Crippen LogP contribution in [0.1, 0.15) is 24.2 Å². The van der Waals surface area contributed by atoms with Crippen LogP contribution in [0.25, 0.3) is 0 Å². The molecule has 4 heteroatoms. The number of rotatable bonds is 4. The van der Waals surface area contributed by atoms with Crippen molar-refractivity contribution in [2.75, 3.05) is 6.61 Å². The van der Waals surface area contributed by atoms with Crippen LogP contribution in [0, 0.1) is 6.92 Å². The van der Waals surface area contributed by atoms with Crippen LogP contribution in [0.4, 0.5) is 0 Å². The predicted molar refractivity (Wildman–Crippen MR) is 60.7 cm³/mol. The molecule has 0 spiro atoms. The van der Waals surface area contributed by atoms with Gasteiger partial charge >= 0.3 is 5.97 Å². The summed E-state index contributed by atoms with van der Waals surface area (Å²) in [5.74, 6) is -0.585. The lowest BCUT2D eigenvalue weighted by molar-refractivity contribution is -0.147. The van der Waals surface area contributed by atoms with Crippen LogP contribution in [0.5, 0.6) is 0 Å². The van der Waals surface area contributed by atoms with Crippen LogP contribution < -0.4 is 5.73 Å². The second-order valence-corrected chi connectivity index (χ2v) is 3.58. The average molecular weight is 223 g/mol. The summed E-state index contributed by atoms with van der Waals surface area (Å²) in [4.78, 5) is 11.4. The van der Waals surface area contributed by atoms with Gasteiger partial charge in [-0.1, -0.05) is 24.3 Å². The summed E-state index contributed by atoms with van der Waals surface area (Å²) in [7, 11) is 0. The van der Waals surface area contributed by atoms with Crippen molar-refractivity contribution in [3.8, 4) is 0 Å². The Hall–Kier alpha value is -1.39. The van der Waals surface area contributed by atoms with Gasteiger partial charge in [0.1, 0.15) is 12.1 Å². The highest BCUT2D eigenvalue weighted by atomic mass is 16.5. The van der Waals surface area contributed by atoms with Crippen molar-refractivity contribution in [2.45, 2.75) is 26.0 Å². The molecule has 1 rings (SSSR count). The van der Waals surface area contributed by atoms with Crippen LogP contribution in [-0.2, 0) is 9.53 Å². The number of benzene rings is 1. The molecule has 1 aromatic carbocycles. The zero-order chi connectivity index (χ0) is 12.1. The standard InChI is InChI=1S/C12H17NO3/c1-3-16-12(15)10(13)11(14)9-7-5-4-6-8(9)2/h4-7,10-11,14H,3,13H2,1-2H3. The van der Waals surface area contributed by atoms with Crippen molar-refractivity contribution in [3.63, 3.8) is 0 Å². The van der Waals surface area contributed by atoms with Crippen molar-refractivity contribution < 1.29 is 14.6 Å². The van der Waals surface area contributed by atoms with E-state index in [4.69, 9.17) is 10.5 Å². The van der Waals surface area contributed by atoms with Crippen molar-refractivity contribution in [1.29, 1.82) is 0 Å². The van der Waals surface area contributed by atoms with Crippen LogP contribution in [0.15, 0.2) is 24.3 Å². The lowest BCUT2D eigenvalue weighted by Gasteiger charge is -2.19. The molecule has 0 aliphatic heterocycles. The van der Waals surface area contributed by atoms with Gasteiger partial charge < -0.3 is 15.6 Å². The zero-order valence-electron chi connectivity index (χ0n) is 9.51. The molecule has 0 saturated heterocycles. The molecule has 3 N–H and O–H groups in total. The SMILES string of the molecule is CCOC(=O)C(N)C(O)c1ccccc1C. The van der Waals surface area contributed by atoms with E-state index in [2.05, 4.69) is 0 Å². The molecule has 0 aromatic heterocycles. The molecule has 2 unspecified atom stereocenters. The van der Waals surface area contributed by atoms with Crippen molar-refractivity contribution in [3.05, 3.63) is 35.4 Å². The minimum absolute atomic E-state index is 0.257. The number of carbonyl (C=O) groups excluding carboxylic acids is 1. The molecule has 1 aromatic rings. The Bertz CT molecular complexity index is 365. The molecule has 0 saturated carbocycles. The molecule has 0 aliphatic rings. The molecule has 0 aliphatic carbocycles. The largest absolute Gasteiger partial charge is 0.465 e. The minimum Gasteiger partial charge on any atom is -0.465 e. The van der Waals surface area contributed by atoms with Gasteiger partial charge in [0.05, 0.1) is 6.61 Å². The Morgan fingerprint density at radius 3 is 2.69 bits per heavy atom. The molecule has 0 heterocycles. The fourth-order valence-electron chi connectivity index (χ4n) is 1.48. The Morgan fingerprint density at radius 2 is 2.12 bits per heavy atom. The molecule has 0 fully saturated rings. The Morgan fingerprint density at radius 1 is 1.50 bits per heavy atom. The number of esters is 1. The number of carbonyl (C=O) groups is 1. The molecule has 4 nitrogen and oxygen atoms in total. The van der Waals surface area contributed by atoms with Crippen LogP contribution in [-0.4, -0.2) is 23.7 Å². The third-order valence-corrected chi connectivity index (χ3v) is 2.41. The number of hydrogen-bond donors (Lipinski definition) is 2. The van der Waals surface area contributed by atoms with Crippen molar-refractivity contribution in [2.24, 2.45) is 5.73 Å². The fraction of sp³-hybridized carbons (Fsp3) is 0.417. The maximum absolute atomic E-state index is 11.4. The van der Waals surface area contributed by atoms with E-state index >= 15 is 0 Å². The molecule has 88 valence electrons. The number of aliphatic hydroxyl groups is 1. The van der Waals surface area contributed by atoms with E-state index in [0.29, 0.717) is 5.56 Å². The number of hydrogen-bond acceptors (Lipinski definition) is 4. The number of aryl methyl sites for hydroxylation is 1. The van der Waals surface area contributed by atoms with Gasteiger partial charge in [-0.05, 0) is 25.0 Å². The third kappa shape index (κ3) is 2.81. The van der Waals surface area contributed by atoms with E-state index in [1.165, 1.54) is 0 Å². The third-order valence-electron chi connectivity index (χ3n) is 2.41. The summed E-state index contributed by atoms with van der Waals surface area (Å²) in [6, 6.07) is 6.22. The summed E-state index contributed by atoms with van der Waals surface area (Å²) < 4.78 is 4.76. The quantitative estimate of drug-likeness (QED) is 0.744. The highest BCUT2D eigenvalue weighted by Crippen LogP contribution is 2.20. The Kier molecular flexibility index (Phi) is 4.46. The van der Waals surface area contributed by atoms with Gasteiger partial charge in [0, 0.05) is 0 Å². The second-order valence-electron chi connectivity index (χ2n) is 3.58. The van der Waals surface area contributed by atoms with E-state index in [1.807, 2.05) is 19.1 Å². The molecule has 2 atom stereocenters. The summed E-state index contributed by atoms with van der Waals surface area (Å²) in [6.07, 6.45) is -1.03. The van der Waals surface area contributed by atoms with E-state index in [9.17, 15) is 9.90 Å².